The zero-order chi connectivity index (χ0) is 24.4. The third-order valence-corrected chi connectivity index (χ3v) is 7.27. The molecule has 0 aliphatic carbocycles. The number of pyridine rings is 2. The number of thiazole rings is 1. The van der Waals surface area contributed by atoms with Crippen LogP contribution in [0.15, 0.2) is 24.5 Å². The molecule has 0 spiro atoms. The molecule has 0 fully saturated rings. The molecule has 1 aliphatic rings. The Bertz CT molecular complexity index is 1200. The summed E-state index contributed by atoms with van der Waals surface area (Å²) in [5, 5.41) is 4.56. The van der Waals surface area contributed by atoms with Crippen LogP contribution in [-0.2, 0) is 11.2 Å². The van der Waals surface area contributed by atoms with E-state index >= 15 is 0 Å². The lowest BCUT2D eigenvalue weighted by molar-refractivity contribution is -0.132. The highest BCUT2D eigenvalue weighted by molar-refractivity contribution is 7.15. The minimum Gasteiger partial charge on any atom is -0.481 e. The first-order valence-electron chi connectivity index (χ1n) is 11.5. The number of nitrogens with one attached hydrogen (secondary N) is 1. The van der Waals surface area contributed by atoms with E-state index in [2.05, 4.69) is 21.4 Å². The summed E-state index contributed by atoms with van der Waals surface area (Å²) >= 11 is 1.67. The Labute approximate surface area is 203 Å². The number of amides is 1. The maximum atomic E-state index is 14.4. The Hall–Kier alpha value is -3.07. The molecule has 180 valence electrons. The summed E-state index contributed by atoms with van der Waals surface area (Å²) in [6, 6.07) is 3.78. The Kier molecular flexibility index (Phi) is 7.11. The lowest BCUT2D eigenvalue weighted by Crippen LogP contribution is -2.43. The van der Waals surface area contributed by atoms with Crippen LogP contribution in [0.3, 0.4) is 0 Å². The van der Waals surface area contributed by atoms with E-state index < -0.39 is 11.7 Å². The van der Waals surface area contributed by atoms with Crippen molar-refractivity contribution in [3.8, 4) is 16.3 Å². The van der Waals surface area contributed by atoms with Gasteiger partial charge in [0.15, 0.2) is 0 Å². The predicted molar refractivity (Wildman–Crippen MR) is 132 cm³/mol. The van der Waals surface area contributed by atoms with Crippen molar-refractivity contribution in [3.63, 3.8) is 0 Å². The van der Waals surface area contributed by atoms with Crippen LogP contribution >= 0.6 is 11.3 Å². The summed E-state index contributed by atoms with van der Waals surface area (Å²) in [6.45, 7) is 8.74. The molecular weight excluding hydrogens is 453 g/mol. The van der Waals surface area contributed by atoms with Gasteiger partial charge in [-0.3, -0.25) is 4.79 Å². The van der Waals surface area contributed by atoms with Gasteiger partial charge in [0.05, 0.1) is 29.1 Å². The first-order valence-corrected chi connectivity index (χ1v) is 12.3. The SMILES string of the molecule is CCN(C[C@H]1CCc2cc(-c3cnc(C)s3)c(C)nc2N1)C(=O)[C@H](C)c1cc(OC)ncc1F. The summed E-state index contributed by atoms with van der Waals surface area (Å²) in [6.07, 6.45) is 4.77. The van der Waals surface area contributed by atoms with E-state index in [1.165, 1.54) is 18.7 Å². The second-order valence-corrected chi connectivity index (χ2v) is 9.83. The Morgan fingerprint density at radius 1 is 1.32 bits per heavy atom. The summed E-state index contributed by atoms with van der Waals surface area (Å²) in [5.74, 6) is -0.103. The van der Waals surface area contributed by atoms with Gasteiger partial charge in [-0.1, -0.05) is 0 Å². The fourth-order valence-corrected chi connectivity index (χ4v) is 5.20. The normalized spacial score (nSPS) is 15.9. The number of aryl methyl sites for hydroxylation is 3. The van der Waals surface area contributed by atoms with Gasteiger partial charge in [-0.05, 0) is 52.2 Å². The molecule has 4 rings (SSSR count). The monoisotopic (exact) mass is 483 g/mol. The van der Waals surface area contributed by atoms with Gasteiger partial charge in [-0.25, -0.2) is 19.3 Å². The summed E-state index contributed by atoms with van der Waals surface area (Å²) < 4.78 is 19.5. The van der Waals surface area contributed by atoms with E-state index in [1.807, 2.05) is 27.0 Å². The van der Waals surface area contributed by atoms with Gasteiger partial charge < -0.3 is 15.0 Å². The van der Waals surface area contributed by atoms with Crippen molar-refractivity contribution >= 4 is 23.1 Å². The molecule has 4 heterocycles. The fraction of sp³-hybridized carbons (Fsp3) is 0.440. The molecule has 1 N–H and O–H groups in total. The Balaban J connectivity index is 1.48. The van der Waals surface area contributed by atoms with Crippen LogP contribution in [0, 0.1) is 19.7 Å². The van der Waals surface area contributed by atoms with Crippen molar-refractivity contribution in [2.45, 2.75) is 52.5 Å². The molecule has 9 heteroatoms. The lowest BCUT2D eigenvalue weighted by Gasteiger charge is -2.33. The number of hydrogen-bond donors (Lipinski definition) is 1. The number of anilines is 1. The largest absolute Gasteiger partial charge is 0.481 e. The average molecular weight is 484 g/mol. The molecular formula is C25H30FN5O2S. The Morgan fingerprint density at radius 3 is 2.79 bits per heavy atom. The van der Waals surface area contributed by atoms with Gasteiger partial charge >= 0.3 is 0 Å². The van der Waals surface area contributed by atoms with Crippen molar-refractivity contribution in [1.82, 2.24) is 19.9 Å². The molecule has 0 aromatic carbocycles. The number of rotatable bonds is 7. The molecule has 1 amide bonds. The van der Waals surface area contributed by atoms with Gasteiger partial charge in [-0.2, -0.15) is 0 Å². The van der Waals surface area contributed by atoms with Crippen molar-refractivity contribution in [2.24, 2.45) is 0 Å². The van der Waals surface area contributed by atoms with E-state index in [0.717, 1.165) is 46.0 Å². The van der Waals surface area contributed by atoms with Crippen molar-refractivity contribution in [2.75, 3.05) is 25.5 Å². The van der Waals surface area contributed by atoms with Crippen molar-refractivity contribution in [3.05, 3.63) is 52.2 Å². The van der Waals surface area contributed by atoms with E-state index in [1.54, 1.807) is 23.2 Å². The molecule has 0 saturated carbocycles. The van der Waals surface area contributed by atoms with Gasteiger partial charge in [0.1, 0.15) is 11.6 Å². The van der Waals surface area contributed by atoms with Crippen molar-refractivity contribution in [1.29, 1.82) is 0 Å². The number of ether oxygens (including phenoxy) is 1. The predicted octanol–water partition coefficient (Wildman–Crippen LogP) is 4.74. The number of hydrogen-bond acceptors (Lipinski definition) is 7. The molecule has 1 aliphatic heterocycles. The van der Waals surface area contributed by atoms with E-state index in [9.17, 15) is 9.18 Å². The molecule has 7 nitrogen and oxygen atoms in total. The number of carbonyl (C=O) groups is 1. The van der Waals surface area contributed by atoms with E-state index in [4.69, 9.17) is 9.72 Å². The lowest BCUT2D eigenvalue weighted by atomic mass is 9.96. The zero-order valence-corrected chi connectivity index (χ0v) is 21.0. The van der Waals surface area contributed by atoms with E-state index in [-0.39, 0.29) is 11.9 Å². The fourth-order valence-electron chi connectivity index (χ4n) is 4.36. The molecule has 3 aromatic heterocycles. The third-order valence-electron chi connectivity index (χ3n) is 6.32. The number of likely N-dealkylation sites (N-methyl/N-ethyl adjacent to an activating group) is 1. The number of halogens is 1. The van der Waals surface area contributed by atoms with Crippen LogP contribution in [0.1, 0.15) is 48.0 Å². The molecule has 3 aromatic rings. The zero-order valence-electron chi connectivity index (χ0n) is 20.2. The van der Waals surface area contributed by atoms with Crippen molar-refractivity contribution < 1.29 is 13.9 Å². The third kappa shape index (κ3) is 4.89. The number of methoxy groups -OCH3 is 1. The number of fused-ring (bicyclic) bond motifs is 1. The number of aromatic nitrogens is 3. The second kappa shape index (κ2) is 10.0. The maximum Gasteiger partial charge on any atom is 0.230 e. The first-order chi connectivity index (χ1) is 16.3. The van der Waals surface area contributed by atoms with Crippen LogP contribution in [0.25, 0.3) is 10.4 Å². The van der Waals surface area contributed by atoms with Crippen LogP contribution in [-0.4, -0.2) is 52.0 Å². The van der Waals surface area contributed by atoms with Gasteiger partial charge in [0.2, 0.25) is 11.8 Å². The standard InChI is InChI=1S/C25H30FN5O2S/c1-6-31(25(32)14(2)19-10-23(33-5)28-11-21(19)26)13-18-8-7-17-9-20(15(3)29-24(17)30-18)22-12-27-16(4)34-22/h9-12,14,18H,6-8,13H2,1-5H3,(H,29,30)/t14-,18-/m1/s1. The summed E-state index contributed by atoms with van der Waals surface area (Å²) in [5.41, 5.74) is 3.55. The molecule has 34 heavy (non-hydrogen) atoms. The Morgan fingerprint density at radius 2 is 2.12 bits per heavy atom. The van der Waals surface area contributed by atoms with Crippen LogP contribution in [0.4, 0.5) is 10.2 Å². The number of nitrogens with zero attached hydrogens (tertiary/aromatic N) is 4. The number of carbonyl (C=O) groups excluding carboxylic acids is 1. The molecule has 0 unspecified atom stereocenters. The summed E-state index contributed by atoms with van der Waals surface area (Å²) in [7, 11) is 1.47. The van der Waals surface area contributed by atoms with Gasteiger partial charge in [0.25, 0.3) is 0 Å². The molecule has 0 bridgehead atoms. The minimum atomic E-state index is -0.640. The topological polar surface area (TPSA) is 80.2 Å². The molecule has 0 radical (unpaired) electrons. The van der Waals surface area contributed by atoms with Gasteiger partial charge in [-0.15, -0.1) is 11.3 Å². The minimum absolute atomic E-state index is 0.0730. The summed E-state index contributed by atoms with van der Waals surface area (Å²) in [4.78, 5) is 29.2. The highest BCUT2D eigenvalue weighted by Gasteiger charge is 2.28. The van der Waals surface area contributed by atoms with E-state index in [0.29, 0.717) is 24.5 Å². The highest BCUT2D eigenvalue weighted by atomic mass is 32.1. The van der Waals surface area contributed by atoms with Crippen LogP contribution in [0.5, 0.6) is 5.88 Å². The maximum absolute atomic E-state index is 14.4. The molecule has 0 saturated heterocycles. The highest BCUT2D eigenvalue weighted by Crippen LogP contribution is 2.33. The molecule has 2 atom stereocenters. The van der Waals surface area contributed by atoms with Crippen LogP contribution in [0.2, 0.25) is 0 Å². The smallest absolute Gasteiger partial charge is 0.230 e. The van der Waals surface area contributed by atoms with Gasteiger partial charge in [0, 0.05) is 48.2 Å². The quantitative estimate of drug-likeness (QED) is 0.523. The average Bonchev–Trinajstić information content (AvgIpc) is 3.27. The first kappa shape index (κ1) is 24.1. The van der Waals surface area contributed by atoms with Crippen LogP contribution < -0.4 is 10.1 Å². The second-order valence-electron chi connectivity index (χ2n) is 8.60.